The highest BCUT2D eigenvalue weighted by atomic mass is 19.1. The highest BCUT2D eigenvalue weighted by molar-refractivity contribution is 6.49. The molecule has 0 atom stereocenters. The Kier molecular flexibility index (Phi) is 5.30. The number of aryl methyl sites for hydroxylation is 1. The molecule has 0 aliphatic carbocycles. The number of carbonyl (C=O) groups is 2. The minimum atomic E-state index is -1.00. The lowest BCUT2D eigenvalue weighted by Crippen LogP contribution is -2.33. The largest absolute Gasteiger partial charge is 0.381 e. The minimum absolute atomic E-state index is 0.140. The van der Waals surface area contributed by atoms with Crippen molar-refractivity contribution in [2.75, 3.05) is 5.32 Å². The number of nitrogens with zero attached hydrogens (tertiary/aromatic N) is 2. The number of hydrogen-bond donors (Lipinski definition) is 1. The second-order valence-corrected chi connectivity index (χ2v) is 7.88. The molecule has 0 unspecified atom stereocenters. The molecule has 1 aliphatic rings. The fraction of sp³-hybridized carbons (Fsp3) is 0.167. The van der Waals surface area contributed by atoms with Crippen LogP contribution in [0.3, 0.4) is 0 Å². The van der Waals surface area contributed by atoms with Gasteiger partial charge in [0, 0.05) is 17.3 Å². The summed E-state index contributed by atoms with van der Waals surface area (Å²) < 4.78 is 27.6. The van der Waals surface area contributed by atoms with Gasteiger partial charge in [-0.1, -0.05) is 23.4 Å². The normalized spacial score (nSPS) is 14.7. The predicted octanol–water partition coefficient (Wildman–Crippen LogP) is 4.67. The molecule has 2 aromatic carbocycles. The first-order valence-corrected chi connectivity index (χ1v) is 9.81. The molecule has 1 amide bonds. The van der Waals surface area contributed by atoms with Gasteiger partial charge in [0.15, 0.2) is 11.3 Å². The van der Waals surface area contributed by atoms with Crippen LogP contribution in [0.5, 0.6) is 0 Å². The maximum Gasteiger partial charge on any atom is 0.262 e. The molecule has 1 aliphatic heterocycles. The van der Waals surface area contributed by atoms with Gasteiger partial charge in [-0.25, -0.2) is 13.8 Å². The van der Waals surface area contributed by atoms with E-state index < -0.39 is 28.7 Å². The van der Waals surface area contributed by atoms with Gasteiger partial charge < -0.3 is 10.2 Å². The van der Waals surface area contributed by atoms with E-state index in [9.17, 15) is 18.4 Å². The Morgan fingerprint density at radius 2 is 1.72 bits per heavy atom. The first-order valence-electron chi connectivity index (χ1n) is 9.81. The number of rotatable bonds is 4. The van der Waals surface area contributed by atoms with Gasteiger partial charge in [-0.3, -0.25) is 9.59 Å². The van der Waals surface area contributed by atoms with Gasteiger partial charge in [0.1, 0.15) is 23.0 Å². The average molecular weight is 435 g/mol. The zero-order valence-electron chi connectivity index (χ0n) is 17.6. The maximum absolute atomic E-state index is 13.8. The number of nitrogens with one attached hydrogen (secondary N) is 1. The Morgan fingerprint density at radius 1 is 1.03 bits per heavy atom. The van der Waals surface area contributed by atoms with Crippen molar-refractivity contribution in [1.82, 2.24) is 4.98 Å². The molecule has 0 bridgehead atoms. The molecule has 0 saturated heterocycles. The highest BCUT2D eigenvalue weighted by Crippen LogP contribution is 2.28. The number of oxime groups is 1. The first kappa shape index (κ1) is 21.3. The van der Waals surface area contributed by atoms with Gasteiger partial charge in [-0.15, -0.1) is 0 Å². The summed E-state index contributed by atoms with van der Waals surface area (Å²) in [5.74, 6) is -2.91. The van der Waals surface area contributed by atoms with Crippen LogP contribution < -0.4 is 5.32 Å². The van der Waals surface area contributed by atoms with Gasteiger partial charge in [-0.05, 0) is 62.2 Å². The number of halogens is 2. The van der Waals surface area contributed by atoms with Gasteiger partial charge in [-0.2, -0.15) is 0 Å². The second-order valence-electron chi connectivity index (χ2n) is 7.88. The third kappa shape index (κ3) is 3.87. The molecule has 8 heteroatoms. The number of pyridine rings is 1. The number of Topliss-reactive ketones (excluding diaryl/α,β-unsaturated/α-hetero) is 1. The average Bonchev–Trinajstić information content (AvgIpc) is 3.02. The molecule has 6 nitrogen and oxygen atoms in total. The van der Waals surface area contributed by atoms with E-state index in [2.05, 4.69) is 15.5 Å². The lowest BCUT2D eigenvalue weighted by atomic mass is 9.92. The SMILES string of the molecule is Cc1ccc(C2=NOC(C)(C)C2=O)cc1-c1ccc(NC(=O)c2c(F)cccc2F)nc1. The van der Waals surface area contributed by atoms with Gasteiger partial charge in [0.2, 0.25) is 5.78 Å². The fourth-order valence-electron chi connectivity index (χ4n) is 3.31. The molecule has 1 aromatic heterocycles. The number of hydrogen-bond acceptors (Lipinski definition) is 5. The molecule has 1 N–H and O–H groups in total. The summed E-state index contributed by atoms with van der Waals surface area (Å²) in [4.78, 5) is 34.2. The van der Waals surface area contributed by atoms with E-state index in [0.29, 0.717) is 5.56 Å². The lowest BCUT2D eigenvalue weighted by molar-refractivity contribution is -0.128. The van der Waals surface area contributed by atoms with E-state index in [0.717, 1.165) is 28.8 Å². The van der Waals surface area contributed by atoms with E-state index >= 15 is 0 Å². The Hall–Kier alpha value is -3.94. The fourth-order valence-corrected chi connectivity index (χ4v) is 3.31. The molecule has 0 spiro atoms. The topological polar surface area (TPSA) is 80.6 Å². The number of carbonyl (C=O) groups excluding carboxylic acids is 2. The van der Waals surface area contributed by atoms with Crippen LogP contribution in [0.2, 0.25) is 0 Å². The molecular formula is C24H19F2N3O3. The van der Waals surface area contributed by atoms with Crippen molar-refractivity contribution in [2.24, 2.45) is 5.16 Å². The van der Waals surface area contributed by atoms with Crippen molar-refractivity contribution >= 4 is 23.2 Å². The van der Waals surface area contributed by atoms with Crippen LogP contribution in [0.25, 0.3) is 11.1 Å². The minimum Gasteiger partial charge on any atom is -0.381 e. The number of ketones is 1. The van der Waals surface area contributed by atoms with Crippen molar-refractivity contribution < 1.29 is 23.2 Å². The number of amides is 1. The summed E-state index contributed by atoms with van der Waals surface area (Å²) in [6.07, 6.45) is 1.53. The summed E-state index contributed by atoms with van der Waals surface area (Å²) in [6.45, 7) is 5.23. The molecule has 0 saturated carbocycles. The van der Waals surface area contributed by atoms with Crippen molar-refractivity contribution in [3.05, 3.63) is 83.1 Å². The lowest BCUT2D eigenvalue weighted by Gasteiger charge is -2.12. The van der Waals surface area contributed by atoms with E-state index in [1.807, 2.05) is 19.1 Å². The van der Waals surface area contributed by atoms with E-state index in [4.69, 9.17) is 4.84 Å². The molecule has 3 aromatic rings. The van der Waals surface area contributed by atoms with Crippen molar-refractivity contribution in [2.45, 2.75) is 26.4 Å². The third-order valence-electron chi connectivity index (χ3n) is 5.14. The zero-order chi connectivity index (χ0) is 23.0. The van der Waals surface area contributed by atoms with Gasteiger partial charge in [0.05, 0.1) is 0 Å². The molecule has 4 rings (SSSR count). The standard InChI is InChI=1S/C24H19F2N3O3/c1-13-7-8-14(21-22(30)24(2,3)32-29-21)11-16(13)15-9-10-19(27-12-15)28-23(31)20-17(25)5-4-6-18(20)26/h4-12H,1-3H3,(H,27,28,31). The van der Waals surface area contributed by atoms with E-state index in [1.54, 1.807) is 26.0 Å². The third-order valence-corrected chi connectivity index (χ3v) is 5.14. The van der Waals surface area contributed by atoms with Crippen LogP contribution in [0, 0.1) is 18.6 Å². The number of benzene rings is 2. The molecular weight excluding hydrogens is 416 g/mol. The summed E-state index contributed by atoms with van der Waals surface area (Å²) >= 11 is 0. The predicted molar refractivity (Wildman–Crippen MR) is 115 cm³/mol. The summed E-state index contributed by atoms with van der Waals surface area (Å²) in [7, 11) is 0. The van der Waals surface area contributed by atoms with E-state index in [1.165, 1.54) is 18.3 Å². The molecule has 162 valence electrons. The van der Waals surface area contributed by atoms with Gasteiger partial charge >= 0.3 is 0 Å². The Bertz CT molecular complexity index is 1250. The first-order chi connectivity index (χ1) is 15.2. The molecule has 32 heavy (non-hydrogen) atoms. The Balaban J connectivity index is 1.58. The monoisotopic (exact) mass is 435 g/mol. The Labute approximate surface area is 182 Å². The van der Waals surface area contributed by atoms with Crippen LogP contribution in [0.1, 0.15) is 35.3 Å². The second kappa shape index (κ2) is 7.96. The zero-order valence-corrected chi connectivity index (χ0v) is 17.6. The number of aromatic nitrogens is 1. The smallest absolute Gasteiger partial charge is 0.262 e. The summed E-state index contributed by atoms with van der Waals surface area (Å²) in [6, 6.07) is 11.9. The molecule has 0 fully saturated rings. The van der Waals surface area contributed by atoms with Crippen molar-refractivity contribution in [1.29, 1.82) is 0 Å². The van der Waals surface area contributed by atoms with Crippen molar-refractivity contribution in [3.63, 3.8) is 0 Å². The number of anilines is 1. The summed E-state index contributed by atoms with van der Waals surface area (Å²) in [5.41, 5.74) is 1.67. The Morgan fingerprint density at radius 3 is 2.31 bits per heavy atom. The van der Waals surface area contributed by atoms with Crippen molar-refractivity contribution in [3.8, 4) is 11.1 Å². The highest BCUT2D eigenvalue weighted by Gasteiger charge is 2.40. The van der Waals surface area contributed by atoms with E-state index in [-0.39, 0.29) is 17.3 Å². The maximum atomic E-state index is 13.8. The van der Waals surface area contributed by atoms with Gasteiger partial charge in [0.25, 0.3) is 5.91 Å². The molecule has 0 radical (unpaired) electrons. The van der Waals surface area contributed by atoms with Crippen LogP contribution in [0.15, 0.2) is 59.9 Å². The van der Waals surface area contributed by atoms with Crippen LogP contribution >= 0.6 is 0 Å². The quantitative estimate of drug-likeness (QED) is 0.646. The van der Waals surface area contributed by atoms with Crippen LogP contribution in [0.4, 0.5) is 14.6 Å². The molecule has 2 heterocycles. The van der Waals surface area contributed by atoms with Crippen LogP contribution in [-0.4, -0.2) is 28.0 Å². The summed E-state index contributed by atoms with van der Waals surface area (Å²) in [5, 5.41) is 6.33. The van der Waals surface area contributed by atoms with Crippen LogP contribution in [-0.2, 0) is 9.63 Å².